The molecule has 0 saturated carbocycles. The molecule has 34 heavy (non-hydrogen) atoms. The summed E-state index contributed by atoms with van der Waals surface area (Å²) in [6, 6.07) is 20.0. The number of nitrogens with one attached hydrogen (secondary N) is 1. The molecule has 0 fully saturated rings. The molecular formula is C26H24N4O2S2. The van der Waals surface area contributed by atoms with Gasteiger partial charge < -0.3 is 5.32 Å². The third-order valence-corrected chi connectivity index (χ3v) is 7.91. The highest BCUT2D eigenvalue weighted by Gasteiger charge is 2.39. The summed E-state index contributed by atoms with van der Waals surface area (Å²) in [6.07, 6.45) is 0.797. The number of hydrogen-bond acceptors (Lipinski definition) is 6. The number of amidine groups is 1. The average molecular weight is 489 g/mol. The highest BCUT2D eigenvalue weighted by Crippen LogP contribution is 2.39. The van der Waals surface area contributed by atoms with Gasteiger partial charge in [-0.05, 0) is 42.5 Å². The molecule has 0 aliphatic carbocycles. The molecule has 6 nitrogen and oxygen atoms in total. The number of aryl methyl sites for hydroxylation is 2. The average Bonchev–Trinajstić information content (AvgIpc) is 3.57. The molecule has 8 heteroatoms. The second-order valence-electron chi connectivity index (χ2n) is 8.41. The summed E-state index contributed by atoms with van der Waals surface area (Å²) in [5, 5.41) is 11.7. The van der Waals surface area contributed by atoms with Gasteiger partial charge in [0.05, 0.1) is 16.6 Å². The van der Waals surface area contributed by atoms with E-state index in [-0.39, 0.29) is 24.3 Å². The van der Waals surface area contributed by atoms with Gasteiger partial charge in [0, 0.05) is 18.5 Å². The van der Waals surface area contributed by atoms with Gasteiger partial charge in [0.1, 0.15) is 5.25 Å². The number of aliphatic imine (C=N–C) groups is 1. The lowest BCUT2D eigenvalue weighted by Gasteiger charge is -2.23. The molecule has 0 unspecified atom stereocenters. The predicted octanol–water partition coefficient (Wildman–Crippen LogP) is 5.54. The van der Waals surface area contributed by atoms with Gasteiger partial charge in [-0.2, -0.15) is 10.1 Å². The summed E-state index contributed by atoms with van der Waals surface area (Å²) in [5.74, 6) is -0.486. The second kappa shape index (κ2) is 9.56. The Kier molecular flexibility index (Phi) is 6.34. The van der Waals surface area contributed by atoms with Crippen LogP contribution >= 0.6 is 23.1 Å². The van der Waals surface area contributed by atoms with Crippen LogP contribution in [0.1, 0.15) is 40.5 Å². The molecule has 2 atom stereocenters. The van der Waals surface area contributed by atoms with Crippen LogP contribution in [0.2, 0.25) is 0 Å². The third-order valence-electron chi connectivity index (χ3n) is 5.85. The van der Waals surface area contributed by atoms with E-state index in [9.17, 15) is 9.59 Å². The number of anilines is 1. The van der Waals surface area contributed by atoms with E-state index >= 15 is 0 Å². The van der Waals surface area contributed by atoms with Crippen molar-refractivity contribution in [2.75, 3.05) is 5.32 Å². The fourth-order valence-corrected chi connectivity index (χ4v) is 5.92. The summed E-state index contributed by atoms with van der Waals surface area (Å²) >= 11 is 2.97. The minimum absolute atomic E-state index is 0.0415. The van der Waals surface area contributed by atoms with Gasteiger partial charge in [0.15, 0.2) is 5.17 Å². The normalized spacial score (nSPS) is 19.8. The highest BCUT2D eigenvalue weighted by molar-refractivity contribution is 8.15. The molecule has 3 aromatic rings. The van der Waals surface area contributed by atoms with Gasteiger partial charge in [0.25, 0.3) is 5.91 Å². The van der Waals surface area contributed by atoms with Crippen molar-refractivity contribution < 1.29 is 9.59 Å². The molecule has 2 amide bonds. The molecule has 0 saturated heterocycles. The van der Waals surface area contributed by atoms with Crippen molar-refractivity contribution in [3.05, 3.63) is 87.6 Å². The van der Waals surface area contributed by atoms with Gasteiger partial charge in [-0.15, -0.1) is 11.3 Å². The van der Waals surface area contributed by atoms with E-state index in [1.165, 1.54) is 11.8 Å². The number of rotatable bonds is 5. The number of benzene rings is 2. The van der Waals surface area contributed by atoms with Crippen molar-refractivity contribution in [2.45, 2.75) is 38.0 Å². The SMILES string of the molecule is Cc1ccc(NC(=O)C[C@@H]2SC(N3N=C(c4cccs4)C[C@@H]3c3ccccc3)=NC2=O)c(C)c1. The third kappa shape index (κ3) is 4.69. The van der Waals surface area contributed by atoms with Gasteiger partial charge in [-0.1, -0.05) is 65.9 Å². The molecule has 0 bridgehead atoms. The van der Waals surface area contributed by atoms with E-state index in [0.717, 1.165) is 39.4 Å². The van der Waals surface area contributed by atoms with Crippen LogP contribution in [0.5, 0.6) is 0 Å². The number of hydrogen-bond donors (Lipinski definition) is 1. The summed E-state index contributed by atoms with van der Waals surface area (Å²) in [7, 11) is 0. The van der Waals surface area contributed by atoms with E-state index in [0.29, 0.717) is 5.17 Å². The Balaban J connectivity index is 1.32. The van der Waals surface area contributed by atoms with Crippen LogP contribution in [0.4, 0.5) is 5.69 Å². The molecule has 1 N–H and O–H groups in total. The predicted molar refractivity (Wildman–Crippen MR) is 139 cm³/mol. The van der Waals surface area contributed by atoms with Gasteiger partial charge >= 0.3 is 0 Å². The van der Waals surface area contributed by atoms with Crippen LogP contribution in [-0.2, 0) is 9.59 Å². The fraction of sp³-hybridized carbons (Fsp3) is 0.231. The number of thiophene rings is 1. The molecule has 0 radical (unpaired) electrons. The number of nitrogens with zero attached hydrogens (tertiary/aromatic N) is 3. The minimum Gasteiger partial charge on any atom is -0.326 e. The lowest BCUT2D eigenvalue weighted by Crippen LogP contribution is -2.25. The Morgan fingerprint density at radius 3 is 2.68 bits per heavy atom. The lowest BCUT2D eigenvalue weighted by atomic mass is 10.0. The van der Waals surface area contributed by atoms with Crippen molar-refractivity contribution >= 4 is 51.5 Å². The van der Waals surface area contributed by atoms with Crippen molar-refractivity contribution in [3.8, 4) is 0 Å². The number of thioether (sulfide) groups is 1. The molecule has 3 heterocycles. The van der Waals surface area contributed by atoms with Crippen molar-refractivity contribution in [2.24, 2.45) is 10.1 Å². The zero-order valence-electron chi connectivity index (χ0n) is 18.9. The molecule has 172 valence electrons. The maximum Gasteiger partial charge on any atom is 0.262 e. The van der Waals surface area contributed by atoms with E-state index < -0.39 is 5.25 Å². The first-order chi connectivity index (χ1) is 16.5. The van der Waals surface area contributed by atoms with Crippen molar-refractivity contribution in [1.29, 1.82) is 0 Å². The first kappa shape index (κ1) is 22.6. The van der Waals surface area contributed by atoms with Crippen molar-refractivity contribution in [1.82, 2.24) is 5.01 Å². The summed E-state index contributed by atoms with van der Waals surface area (Å²) in [6.45, 7) is 3.97. The summed E-state index contributed by atoms with van der Waals surface area (Å²) in [4.78, 5) is 30.9. The molecule has 5 rings (SSSR count). The highest BCUT2D eigenvalue weighted by atomic mass is 32.2. The van der Waals surface area contributed by atoms with Crippen LogP contribution in [0.25, 0.3) is 0 Å². The smallest absolute Gasteiger partial charge is 0.262 e. The second-order valence-corrected chi connectivity index (χ2v) is 10.5. The molecule has 1 aromatic heterocycles. The Morgan fingerprint density at radius 2 is 1.94 bits per heavy atom. The van der Waals surface area contributed by atoms with Gasteiger partial charge in [-0.25, -0.2) is 5.01 Å². The van der Waals surface area contributed by atoms with Crippen LogP contribution < -0.4 is 5.32 Å². The Labute approximate surface area is 206 Å². The lowest BCUT2D eigenvalue weighted by molar-refractivity contribution is -0.121. The summed E-state index contributed by atoms with van der Waals surface area (Å²) < 4.78 is 0. The number of amides is 2. The molecule has 2 aliphatic rings. The fourth-order valence-electron chi connectivity index (χ4n) is 4.14. The summed E-state index contributed by atoms with van der Waals surface area (Å²) in [5.41, 5.74) is 4.99. The van der Waals surface area contributed by atoms with Gasteiger partial charge in [0.2, 0.25) is 5.91 Å². The maximum absolute atomic E-state index is 12.7. The largest absolute Gasteiger partial charge is 0.326 e. The molecule has 0 spiro atoms. The first-order valence-electron chi connectivity index (χ1n) is 11.1. The van der Waals surface area contributed by atoms with E-state index in [2.05, 4.69) is 28.5 Å². The van der Waals surface area contributed by atoms with E-state index in [1.54, 1.807) is 11.3 Å². The zero-order chi connectivity index (χ0) is 23.7. The van der Waals surface area contributed by atoms with Crippen LogP contribution in [0, 0.1) is 13.8 Å². The van der Waals surface area contributed by atoms with Crippen molar-refractivity contribution in [3.63, 3.8) is 0 Å². The monoisotopic (exact) mass is 488 g/mol. The van der Waals surface area contributed by atoms with E-state index in [1.807, 2.05) is 66.7 Å². The Bertz CT molecular complexity index is 1290. The molecule has 2 aliphatic heterocycles. The quantitative estimate of drug-likeness (QED) is 0.512. The van der Waals surface area contributed by atoms with Crippen LogP contribution in [0.3, 0.4) is 0 Å². The van der Waals surface area contributed by atoms with Crippen LogP contribution in [-0.4, -0.2) is 33.0 Å². The minimum atomic E-state index is -0.557. The maximum atomic E-state index is 12.7. The number of hydrazone groups is 1. The molecule has 2 aromatic carbocycles. The first-order valence-corrected chi connectivity index (χ1v) is 12.9. The van der Waals surface area contributed by atoms with Crippen LogP contribution in [0.15, 0.2) is 76.1 Å². The topological polar surface area (TPSA) is 74.1 Å². The zero-order valence-corrected chi connectivity index (χ0v) is 20.5. The Hall–Kier alpha value is -3.23. The van der Waals surface area contributed by atoms with E-state index in [4.69, 9.17) is 5.10 Å². The number of carbonyl (C=O) groups is 2. The standard InChI is InChI=1S/C26H24N4O2S2/c1-16-10-11-19(17(2)13-16)27-24(31)15-23-25(32)28-26(34-23)30-21(18-7-4-3-5-8-18)14-20(29-30)22-9-6-12-33-22/h3-13,21,23H,14-15H2,1-2H3,(H,27,31)/t21-,23+/m1/s1. The Morgan fingerprint density at radius 1 is 1.12 bits per heavy atom. The van der Waals surface area contributed by atoms with Gasteiger partial charge in [-0.3, -0.25) is 9.59 Å². The molecular weight excluding hydrogens is 464 g/mol. The number of carbonyl (C=O) groups excluding carboxylic acids is 2.